The topological polar surface area (TPSA) is 73.7 Å². The third kappa shape index (κ3) is 4.77. The van der Waals surface area contributed by atoms with Crippen LogP contribution in [-0.4, -0.2) is 68.8 Å². The SMILES string of the molecule is Cc1ncc(CN2CCC23CCCN(C(=O)C2(F)CCC2)C3)s1.O=C(O)C(F)(F)F. The lowest BCUT2D eigenvalue weighted by atomic mass is 9.75. The molecule has 3 heterocycles. The van der Waals surface area contributed by atoms with Crippen molar-refractivity contribution in [1.29, 1.82) is 0 Å². The van der Waals surface area contributed by atoms with Gasteiger partial charge in [-0.2, -0.15) is 13.2 Å². The van der Waals surface area contributed by atoms with Crippen LogP contribution in [0.25, 0.3) is 0 Å². The summed E-state index contributed by atoms with van der Waals surface area (Å²) in [5.41, 5.74) is -1.48. The fourth-order valence-corrected chi connectivity index (χ4v) is 5.04. The Balaban J connectivity index is 0.000000318. The first-order chi connectivity index (χ1) is 14.0. The number of carbonyl (C=O) groups excluding carboxylic acids is 1. The lowest BCUT2D eigenvalue weighted by Crippen LogP contribution is -2.68. The zero-order chi connectivity index (χ0) is 22.2. The van der Waals surface area contributed by atoms with E-state index in [0.29, 0.717) is 19.4 Å². The number of carboxylic acids is 1. The zero-order valence-corrected chi connectivity index (χ0v) is 17.5. The number of amides is 1. The molecule has 1 aromatic heterocycles. The van der Waals surface area contributed by atoms with Crippen molar-refractivity contribution in [2.75, 3.05) is 19.6 Å². The van der Waals surface area contributed by atoms with E-state index < -0.39 is 17.8 Å². The Labute approximate surface area is 175 Å². The molecule has 4 rings (SSSR count). The number of aromatic nitrogens is 1. The number of alkyl halides is 4. The summed E-state index contributed by atoms with van der Waals surface area (Å²) in [6, 6.07) is 0. The monoisotopic (exact) mass is 451 g/mol. The molecule has 1 saturated carbocycles. The normalized spacial score (nSPS) is 25.7. The average Bonchev–Trinajstić information content (AvgIpc) is 3.07. The van der Waals surface area contributed by atoms with Gasteiger partial charge in [0.05, 0.1) is 5.01 Å². The molecule has 168 valence electrons. The summed E-state index contributed by atoms with van der Waals surface area (Å²) in [5, 5.41) is 8.22. The average molecular weight is 451 g/mol. The first-order valence-corrected chi connectivity index (χ1v) is 10.7. The molecule has 11 heteroatoms. The number of aryl methyl sites for hydroxylation is 1. The van der Waals surface area contributed by atoms with Gasteiger partial charge in [-0.05, 0) is 45.4 Å². The van der Waals surface area contributed by atoms with Gasteiger partial charge in [0.1, 0.15) is 0 Å². The van der Waals surface area contributed by atoms with E-state index in [1.807, 2.05) is 18.0 Å². The van der Waals surface area contributed by atoms with E-state index in [-0.39, 0.29) is 11.4 Å². The summed E-state index contributed by atoms with van der Waals surface area (Å²) < 4.78 is 46.2. The Morgan fingerprint density at radius 3 is 2.30 bits per heavy atom. The largest absolute Gasteiger partial charge is 0.490 e. The van der Waals surface area contributed by atoms with Gasteiger partial charge in [0.25, 0.3) is 5.91 Å². The number of rotatable bonds is 3. The predicted octanol–water partition coefficient (Wildman–Crippen LogP) is 3.54. The minimum atomic E-state index is -5.08. The molecular formula is C19H25F4N3O3S. The molecule has 1 spiro atoms. The second-order valence-electron chi connectivity index (χ2n) is 8.19. The van der Waals surface area contributed by atoms with E-state index in [4.69, 9.17) is 9.90 Å². The molecule has 1 aliphatic carbocycles. The minimum absolute atomic E-state index is 0.0753. The molecule has 1 atom stereocenters. The highest BCUT2D eigenvalue weighted by Gasteiger charge is 2.52. The number of nitrogens with zero attached hydrogens (tertiary/aromatic N) is 3. The highest BCUT2D eigenvalue weighted by atomic mass is 32.1. The van der Waals surface area contributed by atoms with Crippen LogP contribution in [0.3, 0.4) is 0 Å². The van der Waals surface area contributed by atoms with Gasteiger partial charge < -0.3 is 10.0 Å². The van der Waals surface area contributed by atoms with Crippen molar-refractivity contribution in [2.45, 2.75) is 69.4 Å². The maximum absolute atomic E-state index is 14.5. The zero-order valence-electron chi connectivity index (χ0n) is 16.7. The van der Waals surface area contributed by atoms with E-state index in [2.05, 4.69) is 9.88 Å². The van der Waals surface area contributed by atoms with E-state index in [1.165, 1.54) is 4.88 Å². The lowest BCUT2D eigenvalue weighted by Gasteiger charge is -2.57. The second kappa shape index (κ2) is 8.41. The highest BCUT2D eigenvalue weighted by Crippen LogP contribution is 2.43. The van der Waals surface area contributed by atoms with Crippen molar-refractivity contribution in [3.8, 4) is 0 Å². The molecule has 6 nitrogen and oxygen atoms in total. The number of hydrogen-bond donors (Lipinski definition) is 1. The maximum Gasteiger partial charge on any atom is 0.490 e. The van der Waals surface area contributed by atoms with Gasteiger partial charge in [0, 0.05) is 42.8 Å². The van der Waals surface area contributed by atoms with Crippen molar-refractivity contribution in [1.82, 2.24) is 14.8 Å². The van der Waals surface area contributed by atoms with Crippen molar-refractivity contribution >= 4 is 23.2 Å². The van der Waals surface area contributed by atoms with E-state index in [9.17, 15) is 22.4 Å². The third-order valence-electron chi connectivity index (χ3n) is 6.15. The number of thiazole rings is 1. The molecule has 0 aromatic carbocycles. The summed E-state index contributed by atoms with van der Waals surface area (Å²) in [6.07, 6.45) is 1.78. The molecular weight excluding hydrogens is 426 g/mol. The number of carbonyl (C=O) groups is 2. The second-order valence-corrected chi connectivity index (χ2v) is 9.51. The van der Waals surface area contributed by atoms with E-state index in [1.54, 1.807) is 11.3 Å². The molecule has 0 bridgehead atoms. The predicted molar refractivity (Wildman–Crippen MR) is 102 cm³/mol. The van der Waals surface area contributed by atoms with Crippen LogP contribution in [0.5, 0.6) is 0 Å². The Morgan fingerprint density at radius 1 is 1.20 bits per heavy atom. The Hall–Kier alpha value is -1.75. The molecule has 1 N–H and O–H groups in total. The number of hydrogen-bond acceptors (Lipinski definition) is 5. The molecule has 1 aromatic rings. The van der Waals surface area contributed by atoms with Crippen LogP contribution < -0.4 is 0 Å². The van der Waals surface area contributed by atoms with Gasteiger partial charge in [0.15, 0.2) is 5.67 Å². The van der Waals surface area contributed by atoms with Gasteiger partial charge in [-0.25, -0.2) is 14.2 Å². The summed E-state index contributed by atoms with van der Waals surface area (Å²) in [4.78, 5) is 31.3. The van der Waals surface area contributed by atoms with Gasteiger partial charge in [0.2, 0.25) is 0 Å². The van der Waals surface area contributed by atoms with Crippen LogP contribution >= 0.6 is 11.3 Å². The van der Waals surface area contributed by atoms with Crippen molar-refractivity contribution in [3.05, 3.63) is 16.1 Å². The maximum atomic E-state index is 14.5. The van der Waals surface area contributed by atoms with Crippen molar-refractivity contribution in [2.24, 2.45) is 0 Å². The number of likely N-dealkylation sites (tertiary alicyclic amines) is 2. The summed E-state index contributed by atoms with van der Waals surface area (Å²) in [7, 11) is 0. The van der Waals surface area contributed by atoms with Gasteiger partial charge in [-0.1, -0.05) is 0 Å². The molecule has 2 saturated heterocycles. The summed E-state index contributed by atoms with van der Waals surface area (Å²) in [6.45, 7) is 5.43. The molecule has 3 aliphatic rings. The van der Waals surface area contributed by atoms with E-state index in [0.717, 1.165) is 50.3 Å². The first-order valence-electron chi connectivity index (χ1n) is 9.90. The Kier molecular flexibility index (Phi) is 6.43. The Bertz CT molecular complexity index is 796. The lowest BCUT2D eigenvalue weighted by molar-refractivity contribution is -0.192. The van der Waals surface area contributed by atoms with E-state index >= 15 is 0 Å². The molecule has 0 radical (unpaired) electrons. The minimum Gasteiger partial charge on any atom is -0.475 e. The fourth-order valence-electron chi connectivity index (χ4n) is 4.23. The van der Waals surface area contributed by atoms with Crippen LogP contribution in [0, 0.1) is 6.92 Å². The smallest absolute Gasteiger partial charge is 0.475 e. The Morgan fingerprint density at radius 2 is 1.87 bits per heavy atom. The van der Waals surface area contributed by atoms with Crippen LogP contribution in [0.15, 0.2) is 6.20 Å². The van der Waals surface area contributed by atoms with Crippen LogP contribution in [0.2, 0.25) is 0 Å². The molecule has 3 fully saturated rings. The molecule has 1 unspecified atom stereocenters. The number of halogens is 4. The first kappa shape index (κ1) is 22.9. The van der Waals surface area contributed by atoms with Crippen LogP contribution in [0.4, 0.5) is 17.6 Å². The van der Waals surface area contributed by atoms with Crippen LogP contribution in [-0.2, 0) is 16.1 Å². The van der Waals surface area contributed by atoms with Crippen molar-refractivity contribution < 1.29 is 32.3 Å². The summed E-state index contributed by atoms with van der Waals surface area (Å²) >= 11 is 1.74. The highest BCUT2D eigenvalue weighted by molar-refractivity contribution is 7.11. The number of aliphatic carboxylic acids is 1. The number of piperidine rings is 1. The van der Waals surface area contributed by atoms with Gasteiger partial charge in [-0.15, -0.1) is 11.3 Å². The third-order valence-corrected chi connectivity index (χ3v) is 7.05. The molecule has 1 amide bonds. The number of carboxylic acid groups (broad SMARTS) is 1. The molecule has 30 heavy (non-hydrogen) atoms. The fraction of sp³-hybridized carbons (Fsp3) is 0.737. The standard InChI is InChI=1S/C17H24FN3OS.C2HF3O2/c1-13-19-10-14(23-13)11-21-9-7-16(21)4-3-8-20(12-16)15(22)17(18)5-2-6-17;3-2(4,5)1(6)7/h10H,2-9,11-12H2,1H3;(H,6,7). The molecule has 2 aliphatic heterocycles. The van der Waals surface area contributed by atoms with Crippen molar-refractivity contribution in [3.63, 3.8) is 0 Å². The summed E-state index contributed by atoms with van der Waals surface area (Å²) in [5.74, 6) is -3.00. The van der Waals surface area contributed by atoms with Crippen LogP contribution in [0.1, 0.15) is 48.4 Å². The van der Waals surface area contributed by atoms with Gasteiger partial charge in [-0.3, -0.25) is 9.69 Å². The quantitative estimate of drug-likeness (QED) is 0.712. The van der Waals surface area contributed by atoms with Gasteiger partial charge >= 0.3 is 12.1 Å².